The van der Waals surface area contributed by atoms with Crippen LogP contribution in [0.1, 0.15) is 50.8 Å². The minimum Gasteiger partial charge on any atom is -0.466 e. The maximum atomic E-state index is 5.46. The van der Waals surface area contributed by atoms with Gasteiger partial charge in [-0.2, -0.15) is 0 Å². The van der Waals surface area contributed by atoms with E-state index in [1.54, 1.807) is 6.26 Å². The zero-order valence-corrected chi connectivity index (χ0v) is 10.7. The van der Waals surface area contributed by atoms with Gasteiger partial charge in [0.2, 0.25) is 0 Å². The maximum absolute atomic E-state index is 5.46. The van der Waals surface area contributed by atoms with Gasteiger partial charge in [-0.25, -0.2) is 0 Å². The van der Waals surface area contributed by atoms with E-state index in [9.17, 15) is 0 Å². The highest BCUT2D eigenvalue weighted by Gasteiger charge is 2.19. The van der Waals surface area contributed by atoms with Crippen LogP contribution in [0.4, 0.5) is 0 Å². The van der Waals surface area contributed by atoms with Crippen molar-refractivity contribution in [3.05, 3.63) is 22.6 Å². The van der Waals surface area contributed by atoms with Crippen LogP contribution in [0, 0.1) is 0 Å². The Balaban J connectivity index is 1.91. The van der Waals surface area contributed by atoms with Gasteiger partial charge in [-0.05, 0) is 41.8 Å². The van der Waals surface area contributed by atoms with Gasteiger partial charge in [-0.15, -0.1) is 0 Å². The number of rotatable bonds is 3. The van der Waals surface area contributed by atoms with Gasteiger partial charge in [0.05, 0.1) is 16.8 Å². The Morgan fingerprint density at radius 2 is 2.13 bits per heavy atom. The largest absolute Gasteiger partial charge is 0.466 e. The van der Waals surface area contributed by atoms with Gasteiger partial charge in [-0.3, -0.25) is 0 Å². The lowest BCUT2D eigenvalue weighted by molar-refractivity contribution is 0.322. The van der Waals surface area contributed by atoms with Gasteiger partial charge >= 0.3 is 0 Å². The summed E-state index contributed by atoms with van der Waals surface area (Å²) in [5.74, 6) is 1.01. The molecule has 1 heterocycles. The number of furan rings is 1. The van der Waals surface area contributed by atoms with E-state index >= 15 is 0 Å². The van der Waals surface area contributed by atoms with Crippen LogP contribution in [0.2, 0.25) is 0 Å². The summed E-state index contributed by atoms with van der Waals surface area (Å²) in [5, 5.41) is 3.64. The van der Waals surface area contributed by atoms with Crippen molar-refractivity contribution in [1.29, 1.82) is 0 Å². The van der Waals surface area contributed by atoms with E-state index in [-0.39, 0.29) is 0 Å². The van der Waals surface area contributed by atoms with Crippen LogP contribution < -0.4 is 5.32 Å². The number of hydrogen-bond acceptors (Lipinski definition) is 2. The third-order valence-corrected chi connectivity index (χ3v) is 3.78. The van der Waals surface area contributed by atoms with Gasteiger partial charge in [0.1, 0.15) is 5.76 Å². The Bertz CT molecular complexity index is 304. The first-order chi connectivity index (χ1) is 7.27. The molecule has 2 rings (SSSR count). The monoisotopic (exact) mass is 271 g/mol. The van der Waals surface area contributed by atoms with E-state index < -0.39 is 0 Å². The molecule has 0 spiro atoms. The normalized spacial score (nSPS) is 20.4. The summed E-state index contributed by atoms with van der Waals surface area (Å²) in [6.45, 7) is 2.16. The van der Waals surface area contributed by atoms with Gasteiger partial charge in [0.25, 0.3) is 0 Å². The quantitative estimate of drug-likeness (QED) is 0.898. The standard InChI is InChI=1S/C12H18BrNO/c1-9(12-11(13)7-8-15-12)14-10-5-3-2-4-6-10/h7-10,14H,2-6H2,1H3. The minimum atomic E-state index is 0.303. The smallest absolute Gasteiger partial charge is 0.134 e. The lowest BCUT2D eigenvalue weighted by Gasteiger charge is -2.25. The summed E-state index contributed by atoms with van der Waals surface area (Å²) < 4.78 is 6.53. The molecule has 1 aromatic heterocycles. The van der Waals surface area contributed by atoms with Gasteiger partial charge in [0.15, 0.2) is 0 Å². The predicted molar refractivity (Wildman–Crippen MR) is 64.8 cm³/mol. The molecule has 0 saturated heterocycles. The van der Waals surface area contributed by atoms with Crippen LogP contribution >= 0.6 is 15.9 Å². The zero-order chi connectivity index (χ0) is 10.7. The molecular weight excluding hydrogens is 254 g/mol. The van der Waals surface area contributed by atoms with Gasteiger partial charge < -0.3 is 9.73 Å². The zero-order valence-electron chi connectivity index (χ0n) is 9.13. The number of hydrogen-bond donors (Lipinski definition) is 1. The summed E-state index contributed by atoms with van der Waals surface area (Å²) in [5.41, 5.74) is 0. The van der Waals surface area contributed by atoms with E-state index in [4.69, 9.17) is 4.42 Å². The summed E-state index contributed by atoms with van der Waals surface area (Å²) in [7, 11) is 0. The maximum Gasteiger partial charge on any atom is 0.134 e. The lowest BCUT2D eigenvalue weighted by atomic mass is 9.95. The van der Waals surface area contributed by atoms with Gasteiger partial charge in [0, 0.05) is 6.04 Å². The molecule has 1 aliphatic rings. The van der Waals surface area contributed by atoms with Crippen molar-refractivity contribution in [2.45, 2.75) is 51.1 Å². The fourth-order valence-electron chi connectivity index (χ4n) is 2.31. The van der Waals surface area contributed by atoms with Gasteiger partial charge in [-0.1, -0.05) is 19.3 Å². The number of halogens is 1. The highest BCUT2D eigenvalue weighted by atomic mass is 79.9. The van der Waals surface area contributed by atoms with Crippen LogP contribution in [0.3, 0.4) is 0 Å². The van der Waals surface area contributed by atoms with E-state index in [1.165, 1.54) is 32.1 Å². The molecule has 2 nitrogen and oxygen atoms in total. The summed E-state index contributed by atoms with van der Waals surface area (Å²) in [6, 6.07) is 2.93. The van der Waals surface area contributed by atoms with Crippen LogP contribution in [0.25, 0.3) is 0 Å². The van der Waals surface area contributed by atoms with Crippen molar-refractivity contribution in [3.63, 3.8) is 0 Å². The molecule has 1 aliphatic carbocycles. The molecule has 0 aromatic carbocycles. The second-order valence-electron chi connectivity index (χ2n) is 4.36. The van der Waals surface area contributed by atoms with Crippen molar-refractivity contribution in [3.8, 4) is 0 Å². The number of nitrogens with one attached hydrogen (secondary N) is 1. The van der Waals surface area contributed by atoms with E-state index in [0.29, 0.717) is 12.1 Å². The Kier molecular flexibility index (Phi) is 3.87. The Hall–Kier alpha value is -0.280. The molecular formula is C12H18BrNO. The molecule has 1 N–H and O–H groups in total. The average molecular weight is 272 g/mol. The SMILES string of the molecule is CC(NC1CCCCC1)c1occc1Br. The predicted octanol–water partition coefficient (Wildman–Crippen LogP) is 4.03. The molecule has 1 aromatic rings. The lowest BCUT2D eigenvalue weighted by Crippen LogP contribution is -2.33. The molecule has 1 unspecified atom stereocenters. The average Bonchev–Trinajstić information content (AvgIpc) is 2.66. The summed E-state index contributed by atoms with van der Waals surface area (Å²) in [4.78, 5) is 0. The first kappa shape index (κ1) is 11.2. The van der Waals surface area contributed by atoms with E-state index in [0.717, 1.165) is 10.2 Å². The molecule has 3 heteroatoms. The fraction of sp³-hybridized carbons (Fsp3) is 0.667. The molecule has 84 valence electrons. The minimum absolute atomic E-state index is 0.303. The van der Waals surface area contributed by atoms with Crippen LogP contribution in [-0.2, 0) is 0 Å². The van der Waals surface area contributed by atoms with Crippen molar-refractivity contribution < 1.29 is 4.42 Å². The topological polar surface area (TPSA) is 25.2 Å². The second-order valence-corrected chi connectivity index (χ2v) is 5.21. The molecule has 15 heavy (non-hydrogen) atoms. The summed E-state index contributed by atoms with van der Waals surface area (Å²) >= 11 is 3.50. The first-order valence-corrected chi connectivity index (χ1v) is 6.55. The van der Waals surface area contributed by atoms with Crippen LogP contribution in [0.5, 0.6) is 0 Å². The third-order valence-electron chi connectivity index (χ3n) is 3.13. The Labute approximate surface area is 99.6 Å². The highest BCUT2D eigenvalue weighted by molar-refractivity contribution is 9.10. The Morgan fingerprint density at radius 3 is 2.73 bits per heavy atom. The van der Waals surface area contributed by atoms with Crippen molar-refractivity contribution >= 4 is 15.9 Å². The molecule has 1 fully saturated rings. The Morgan fingerprint density at radius 1 is 1.40 bits per heavy atom. The molecule has 1 atom stereocenters. The van der Waals surface area contributed by atoms with Crippen LogP contribution in [-0.4, -0.2) is 6.04 Å². The second kappa shape index (κ2) is 5.17. The van der Waals surface area contributed by atoms with E-state index in [2.05, 4.69) is 28.2 Å². The summed E-state index contributed by atoms with van der Waals surface area (Å²) in [6.07, 6.45) is 8.48. The first-order valence-electron chi connectivity index (χ1n) is 5.76. The third kappa shape index (κ3) is 2.85. The van der Waals surface area contributed by atoms with Crippen molar-refractivity contribution in [2.24, 2.45) is 0 Å². The van der Waals surface area contributed by atoms with Crippen molar-refractivity contribution in [2.75, 3.05) is 0 Å². The van der Waals surface area contributed by atoms with E-state index in [1.807, 2.05) is 6.07 Å². The fourth-order valence-corrected chi connectivity index (χ4v) is 2.86. The van der Waals surface area contributed by atoms with Crippen LogP contribution in [0.15, 0.2) is 21.2 Å². The highest BCUT2D eigenvalue weighted by Crippen LogP contribution is 2.26. The molecule has 0 radical (unpaired) electrons. The molecule has 0 bridgehead atoms. The molecule has 0 amide bonds. The molecule has 1 saturated carbocycles. The molecule has 0 aliphatic heterocycles. The van der Waals surface area contributed by atoms with Crippen molar-refractivity contribution in [1.82, 2.24) is 5.32 Å².